The Kier molecular flexibility index (Phi) is 7.84. The van der Waals surface area contributed by atoms with Crippen LogP contribution < -0.4 is 10.6 Å². The van der Waals surface area contributed by atoms with Crippen molar-refractivity contribution in [3.63, 3.8) is 0 Å². The lowest BCUT2D eigenvalue weighted by Crippen LogP contribution is -2.50. The summed E-state index contributed by atoms with van der Waals surface area (Å²) in [5.74, 6) is -1.38. The topological polar surface area (TPSA) is 81.8 Å². The van der Waals surface area contributed by atoms with Crippen LogP contribution in [0.25, 0.3) is 0 Å². The third-order valence-electron chi connectivity index (χ3n) is 4.77. The molecule has 0 atom stereocenters. The van der Waals surface area contributed by atoms with Crippen LogP contribution in [0, 0.1) is 0 Å². The molecule has 0 bridgehead atoms. The van der Waals surface area contributed by atoms with Gasteiger partial charge in [0, 0.05) is 60.0 Å². The molecule has 2 aromatic rings. The van der Waals surface area contributed by atoms with Gasteiger partial charge in [0.15, 0.2) is 0 Å². The molecule has 0 saturated carbocycles. The normalized spacial score (nSPS) is 14.3. The number of benzene rings is 2. The molecule has 2 N–H and O–H groups in total. The van der Waals surface area contributed by atoms with E-state index in [9.17, 15) is 14.4 Å². The van der Waals surface area contributed by atoms with Crippen LogP contribution in [0.2, 0.25) is 5.02 Å². The van der Waals surface area contributed by atoms with Gasteiger partial charge in [-0.3, -0.25) is 19.3 Å². The Morgan fingerprint density at radius 3 is 2.17 bits per heavy atom. The number of piperazine rings is 1. The summed E-state index contributed by atoms with van der Waals surface area (Å²) >= 11 is 9.18. The molecule has 3 rings (SSSR count). The molecule has 0 aromatic heterocycles. The molecule has 3 amide bonds. The zero-order chi connectivity index (χ0) is 21.5. The van der Waals surface area contributed by atoms with Crippen molar-refractivity contribution in [3.8, 4) is 0 Å². The molecule has 1 aliphatic heterocycles. The minimum Gasteiger partial charge on any atom is -0.347 e. The van der Waals surface area contributed by atoms with Crippen LogP contribution in [0.15, 0.2) is 53.0 Å². The summed E-state index contributed by atoms with van der Waals surface area (Å²) in [5.41, 5.74) is 1.18. The third kappa shape index (κ3) is 6.29. The van der Waals surface area contributed by atoms with Gasteiger partial charge in [-0.05, 0) is 48.5 Å². The van der Waals surface area contributed by atoms with Gasteiger partial charge in [-0.2, -0.15) is 0 Å². The molecule has 0 spiro atoms. The van der Waals surface area contributed by atoms with E-state index in [2.05, 4.69) is 31.5 Å². The second-order valence-corrected chi connectivity index (χ2v) is 8.21. The van der Waals surface area contributed by atoms with Gasteiger partial charge < -0.3 is 15.5 Å². The van der Waals surface area contributed by atoms with E-state index in [0.717, 1.165) is 4.47 Å². The second-order valence-electron chi connectivity index (χ2n) is 6.86. The first-order chi connectivity index (χ1) is 14.4. The second kappa shape index (κ2) is 10.6. The molecule has 7 nitrogen and oxygen atoms in total. The standard InChI is InChI=1S/C21H22BrClN4O3/c22-16-3-7-18(8-4-16)25-20(29)19(28)24-9-10-26-11-13-27(14-12-26)21(30)15-1-5-17(23)6-2-15/h1-8H,9-14H2,(H,24,28)(H,25,29). The number of hydrogen-bond donors (Lipinski definition) is 2. The highest BCUT2D eigenvalue weighted by Crippen LogP contribution is 2.14. The average molecular weight is 494 g/mol. The summed E-state index contributed by atoms with van der Waals surface area (Å²) in [6, 6.07) is 13.9. The fraction of sp³-hybridized carbons (Fsp3) is 0.286. The molecule has 1 saturated heterocycles. The van der Waals surface area contributed by atoms with Gasteiger partial charge in [0.1, 0.15) is 0 Å². The number of halogens is 2. The first-order valence-electron chi connectivity index (χ1n) is 9.54. The van der Waals surface area contributed by atoms with Crippen LogP contribution in [-0.4, -0.2) is 66.8 Å². The predicted molar refractivity (Wildman–Crippen MR) is 120 cm³/mol. The smallest absolute Gasteiger partial charge is 0.313 e. The van der Waals surface area contributed by atoms with Crippen molar-refractivity contribution in [2.45, 2.75) is 0 Å². The van der Waals surface area contributed by atoms with Crippen molar-refractivity contribution in [2.24, 2.45) is 0 Å². The first kappa shape index (κ1) is 22.3. The summed E-state index contributed by atoms with van der Waals surface area (Å²) in [7, 11) is 0. The molecule has 9 heteroatoms. The monoisotopic (exact) mass is 492 g/mol. The molecule has 0 radical (unpaired) electrons. The molecule has 1 aliphatic rings. The Hall–Kier alpha value is -2.42. The molecule has 1 fully saturated rings. The first-order valence-corrected chi connectivity index (χ1v) is 10.7. The van der Waals surface area contributed by atoms with Gasteiger partial charge in [0.05, 0.1) is 0 Å². The summed E-state index contributed by atoms with van der Waals surface area (Å²) in [4.78, 5) is 40.4. The maximum Gasteiger partial charge on any atom is 0.313 e. The van der Waals surface area contributed by atoms with Gasteiger partial charge in [0.2, 0.25) is 0 Å². The number of carbonyl (C=O) groups is 3. The fourth-order valence-corrected chi connectivity index (χ4v) is 3.47. The van der Waals surface area contributed by atoms with Gasteiger partial charge >= 0.3 is 11.8 Å². The van der Waals surface area contributed by atoms with Crippen molar-refractivity contribution in [2.75, 3.05) is 44.6 Å². The quantitative estimate of drug-likeness (QED) is 0.628. The van der Waals surface area contributed by atoms with E-state index in [0.29, 0.717) is 55.5 Å². The maximum atomic E-state index is 12.5. The van der Waals surface area contributed by atoms with Crippen LogP contribution >= 0.6 is 27.5 Å². The van der Waals surface area contributed by atoms with E-state index in [1.807, 2.05) is 4.90 Å². The van der Waals surface area contributed by atoms with Gasteiger partial charge in [-0.15, -0.1) is 0 Å². The summed E-state index contributed by atoms with van der Waals surface area (Å²) in [6.45, 7) is 3.61. The van der Waals surface area contributed by atoms with E-state index < -0.39 is 11.8 Å². The Morgan fingerprint density at radius 2 is 1.53 bits per heavy atom. The van der Waals surface area contributed by atoms with Crippen molar-refractivity contribution in [1.82, 2.24) is 15.1 Å². The SMILES string of the molecule is O=C(NCCN1CCN(C(=O)c2ccc(Cl)cc2)CC1)C(=O)Nc1ccc(Br)cc1. The predicted octanol–water partition coefficient (Wildman–Crippen LogP) is 2.62. The van der Waals surface area contributed by atoms with Crippen LogP contribution in [0.5, 0.6) is 0 Å². The largest absolute Gasteiger partial charge is 0.347 e. The van der Waals surface area contributed by atoms with Crippen LogP contribution in [-0.2, 0) is 9.59 Å². The Morgan fingerprint density at radius 1 is 0.900 bits per heavy atom. The van der Waals surface area contributed by atoms with E-state index in [1.165, 1.54) is 0 Å². The Bertz CT molecular complexity index is 897. The highest BCUT2D eigenvalue weighted by atomic mass is 79.9. The average Bonchev–Trinajstić information content (AvgIpc) is 2.76. The molecule has 2 aromatic carbocycles. The summed E-state index contributed by atoms with van der Waals surface area (Å²) in [5, 5.41) is 5.79. The fourth-order valence-electron chi connectivity index (χ4n) is 3.08. The number of rotatable bonds is 5. The molecular weight excluding hydrogens is 472 g/mol. The number of nitrogens with zero attached hydrogens (tertiary/aromatic N) is 2. The highest BCUT2D eigenvalue weighted by molar-refractivity contribution is 9.10. The number of nitrogens with one attached hydrogen (secondary N) is 2. The van der Waals surface area contributed by atoms with Gasteiger partial charge in [-0.25, -0.2) is 0 Å². The lowest BCUT2D eigenvalue weighted by Gasteiger charge is -2.34. The zero-order valence-corrected chi connectivity index (χ0v) is 18.6. The van der Waals surface area contributed by atoms with E-state index in [1.54, 1.807) is 48.5 Å². The Balaban J connectivity index is 1.36. The van der Waals surface area contributed by atoms with Crippen molar-refractivity contribution < 1.29 is 14.4 Å². The lowest BCUT2D eigenvalue weighted by atomic mass is 10.2. The minimum absolute atomic E-state index is 0.00997. The molecule has 158 valence electrons. The summed E-state index contributed by atoms with van der Waals surface area (Å²) < 4.78 is 0.889. The van der Waals surface area contributed by atoms with E-state index in [4.69, 9.17) is 11.6 Å². The van der Waals surface area contributed by atoms with Crippen LogP contribution in [0.1, 0.15) is 10.4 Å². The van der Waals surface area contributed by atoms with E-state index in [-0.39, 0.29) is 5.91 Å². The molecule has 0 aliphatic carbocycles. The number of carbonyl (C=O) groups excluding carboxylic acids is 3. The van der Waals surface area contributed by atoms with Gasteiger partial charge in [0.25, 0.3) is 5.91 Å². The zero-order valence-electron chi connectivity index (χ0n) is 16.2. The van der Waals surface area contributed by atoms with Crippen LogP contribution in [0.3, 0.4) is 0 Å². The van der Waals surface area contributed by atoms with Gasteiger partial charge in [-0.1, -0.05) is 27.5 Å². The summed E-state index contributed by atoms with van der Waals surface area (Å²) in [6.07, 6.45) is 0. The number of hydrogen-bond acceptors (Lipinski definition) is 4. The highest BCUT2D eigenvalue weighted by Gasteiger charge is 2.22. The van der Waals surface area contributed by atoms with E-state index >= 15 is 0 Å². The van der Waals surface area contributed by atoms with Crippen molar-refractivity contribution in [1.29, 1.82) is 0 Å². The van der Waals surface area contributed by atoms with Crippen LogP contribution in [0.4, 0.5) is 5.69 Å². The number of anilines is 1. The minimum atomic E-state index is -0.698. The Labute approximate surface area is 188 Å². The van der Waals surface area contributed by atoms with Crippen molar-refractivity contribution >= 4 is 50.9 Å². The molecule has 0 unspecified atom stereocenters. The molecule has 30 heavy (non-hydrogen) atoms. The third-order valence-corrected chi connectivity index (χ3v) is 5.55. The lowest BCUT2D eigenvalue weighted by molar-refractivity contribution is -0.136. The number of amides is 3. The van der Waals surface area contributed by atoms with Crippen molar-refractivity contribution in [3.05, 3.63) is 63.6 Å². The molecule has 1 heterocycles. The maximum absolute atomic E-state index is 12.5. The molecular formula is C21H22BrClN4O3.